The average Bonchev–Trinajstić information content (AvgIpc) is 3.22. The first-order chi connectivity index (χ1) is 29.6. The van der Waals surface area contributed by atoms with Crippen molar-refractivity contribution >= 4 is 17.9 Å². The molecule has 2 unspecified atom stereocenters. The van der Waals surface area contributed by atoms with Crippen molar-refractivity contribution in [3.05, 3.63) is 85.1 Å². The van der Waals surface area contributed by atoms with E-state index in [1.54, 1.807) is 0 Å². The summed E-state index contributed by atoms with van der Waals surface area (Å²) in [5.41, 5.74) is 0. The van der Waals surface area contributed by atoms with E-state index < -0.39 is 18.1 Å². The topological polar surface area (TPSA) is 99.1 Å². The standard InChI is InChI=1S/C53H89NO7/c1-6-8-10-12-14-16-18-20-22-23-24-25-26-27-28-29-30-32-33-35-37-39-41-43-51(55)60-48-49(47-59-46-45-50(53(57)58)54(3,4)5)61-52(56)44-42-40-38-36-34-31-21-19-17-15-13-11-9-7-2/h8,10,14,16,20,22,24-25,27-28,30-32,34,49-50H,6-7,9,11-13,15,17-19,21,23,26,29,33,35-48H2,1-5H3/p+1/b10-8+,16-14+,22-20+,25-24+,28-27+,32-30+,34-31+. The van der Waals surface area contributed by atoms with Crippen LogP contribution in [-0.2, 0) is 28.6 Å². The molecule has 0 rings (SSSR count). The molecule has 0 heterocycles. The minimum absolute atomic E-state index is 0.0423. The van der Waals surface area contributed by atoms with E-state index in [1.165, 1.54) is 44.9 Å². The van der Waals surface area contributed by atoms with E-state index in [-0.39, 0.29) is 36.2 Å². The van der Waals surface area contributed by atoms with Crippen LogP contribution >= 0.6 is 0 Å². The van der Waals surface area contributed by atoms with Crippen molar-refractivity contribution in [1.82, 2.24) is 0 Å². The molecule has 0 aliphatic heterocycles. The van der Waals surface area contributed by atoms with Gasteiger partial charge in [0.1, 0.15) is 6.61 Å². The van der Waals surface area contributed by atoms with Gasteiger partial charge in [-0.05, 0) is 89.9 Å². The number of carbonyl (C=O) groups is 3. The number of aliphatic carboxylic acids is 1. The first kappa shape index (κ1) is 57.5. The highest BCUT2D eigenvalue weighted by atomic mass is 16.6. The number of esters is 2. The van der Waals surface area contributed by atoms with Crippen LogP contribution < -0.4 is 0 Å². The summed E-state index contributed by atoms with van der Waals surface area (Å²) in [6.07, 6.45) is 56.3. The summed E-state index contributed by atoms with van der Waals surface area (Å²) in [5, 5.41) is 9.63. The van der Waals surface area contributed by atoms with Crippen LogP contribution in [0.5, 0.6) is 0 Å². The number of likely N-dealkylation sites (N-methyl/N-ethyl adjacent to an activating group) is 1. The van der Waals surface area contributed by atoms with Crippen LogP contribution in [0.25, 0.3) is 0 Å². The molecule has 0 bridgehead atoms. The zero-order chi connectivity index (χ0) is 44.9. The molecule has 8 heteroatoms. The van der Waals surface area contributed by atoms with E-state index in [9.17, 15) is 19.5 Å². The van der Waals surface area contributed by atoms with E-state index in [2.05, 4.69) is 98.9 Å². The molecule has 0 saturated heterocycles. The molecule has 0 amide bonds. The van der Waals surface area contributed by atoms with Crippen LogP contribution in [0.4, 0.5) is 0 Å². The number of unbranched alkanes of at least 4 members (excludes halogenated alkanes) is 14. The van der Waals surface area contributed by atoms with Gasteiger partial charge in [-0.15, -0.1) is 0 Å². The van der Waals surface area contributed by atoms with Gasteiger partial charge in [-0.2, -0.15) is 0 Å². The van der Waals surface area contributed by atoms with Gasteiger partial charge in [-0.25, -0.2) is 4.79 Å². The molecule has 0 spiro atoms. The number of rotatable bonds is 42. The number of carboxylic acids is 1. The third kappa shape index (κ3) is 41.6. The number of ether oxygens (including phenoxy) is 3. The fourth-order valence-corrected chi connectivity index (χ4v) is 6.56. The predicted octanol–water partition coefficient (Wildman–Crippen LogP) is 13.7. The Morgan fingerprint density at radius 2 is 0.918 bits per heavy atom. The summed E-state index contributed by atoms with van der Waals surface area (Å²) in [6.45, 7) is 4.56. The molecule has 0 aromatic heterocycles. The van der Waals surface area contributed by atoms with Crippen molar-refractivity contribution < 1.29 is 38.2 Å². The fourth-order valence-electron chi connectivity index (χ4n) is 6.56. The third-order valence-corrected chi connectivity index (χ3v) is 10.3. The largest absolute Gasteiger partial charge is 0.477 e. The van der Waals surface area contributed by atoms with Crippen LogP contribution in [-0.4, -0.2) is 80.6 Å². The fraction of sp³-hybridized carbons (Fsp3) is 0.679. The molecule has 0 aromatic carbocycles. The smallest absolute Gasteiger partial charge is 0.362 e. The van der Waals surface area contributed by atoms with Gasteiger partial charge >= 0.3 is 17.9 Å². The van der Waals surface area contributed by atoms with Gasteiger partial charge in [-0.1, -0.05) is 157 Å². The molecule has 8 nitrogen and oxygen atoms in total. The highest BCUT2D eigenvalue weighted by Gasteiger charge is 2.31. The van der Waals surface area contributed by atoms with Crippen molar-refractivity contribution in [1.29, 1.82) is 0 Å². The van der Waals surface area contributed by atoms with Gasteiger partial charge in [0.15, 0.2) is 12.1 Å². The lowest BCUT2D eigenvalue weighted by Gasteiger charge is -2.31. The Labute approximate surface area is 373 Å². The maximum atomic E-state index is 12.7. The highest BCUT2D eigenvalue weighted by molar-refractivity contribution is 5.72. The van der Waals surface area contributed by atoms with Crippen LogP contribution in [0.15, 0.2) is 85.1 Å². The Balaban J connectivity index is 4.35. The number of nitrogens with zero attached hydrogens (tertiary/aromatic N) is 1. The summed E-state index contributed by atoms with van der Waals surface area (Å²) in [4.78, 5) is 37.1. The quantitative estimate of drug-likeness (QED) is 0.0283. The van der Waals surface area contributed by atoms with Crippen molar-refractivity contribution in [2.24, 2.45) is 0 Å². The van der Waals surface area contributed by atoms with Crippen molar-refractivity contribution in [3.8, 4) is 0 Å². The van der Waals surface area contributed by atoms with Crippen molar-refractivity contribution in [2.75, 3.05) is 41.0 Å². The lowest BCUT2D eigenvalue weighted by Crippen LogP contribution is -2.50. The van der Waals surface area contributed by atoms with Gasteiger partial charge in [0.25, 0.3) is 0 Å². The number of carboxylic acid groups (broad SMARTS) is 1. The van der Waals surface area contributed by atoms with Crippen molar-refractivity contribution in [3.63, 3.8) is 0 Å². The summed E-state index contributed by atoms with van der Waals surface area (Å²) in [5.74, 6) is -1.53. The first-order valence-electron chi connectivity index (χ1n) is 24.1. The molecule has 61 heavy (non-hydrogen) atoms. The lowest BCUT2D eigenvalue weighted by molar-refractivity contribution is -0.887. The first-order valence-corrected chi connectivity index (χ1v) is 24.1. The monoisotopic (exact) mass is 853 g/mol. The maximum absolute atomic E-state index is 12.7. The minimum Gasteiger partial charge on any atom is -0.477 e. The Morgan fingerprint density at radius 1 is 0.508 bits per heavy atom. The normalized spacial score (nSPS) is 13.7. The highest BCUT2D eigenvalue weighted by Crippen LogP contribution is 2.13. The summed E-state index contributed by atoms with van der Waals surface area (Å²) in [6, 6.07) is -0.625. The number of quaternary nitrogens is 1. The van der Waals surface area contributed by atoms with Gasteiger partial charge in [0, 0.05) is 19.3 Å². The summed E-state index contributed by atoms with van der Waals surface area (Å²) >= 11 is 0. The van der Waals surface area contributed by atoms with Crippen LogP contribution in [0.1, 0.15) is 181 Å². The second-order valence-corrected chi connectivity index (χ2v) is 17.0. The van der Waals surface area contributed by atoms with Crippen LogP contribution in [0, 0.1) is 0 Å². The molecule has 0 saturated carbocycles. The molecule has 0 radical (unpaired) electrons. The van der Waals surface area contributed by atoms with E-state index in [4.69, 9.17) is 14.2 Å². The molecular weight excluding hydrogens is 763 g/mol. The summed E-state index contributed by atoms with van der Waals surface area (Å²) in [7, 11) is 5.51. The van der Waals surface area contributed by atoms with Crippen molar-refractivity contribution in [2.45, 2.75) is 193 Å². The zero-order valence-corrected chi connectivity index (χ0v) is 39.6. The zero-order valence-electron chi connectivity index (χ0n) is 39.6. The second kappa shape index (κ2) is 43.2. The van der Waals surface area contributed by atoms with Gasteiger partial charge < -0.3 is 23.8 Å². The van der Waals surface area contributed by atoms with Crippen LogP contribution in [0.2, 0.25) is 0 Å². The Bertz CT molecular complexity index is 1270. The molecule has 1 N–H and O–H groups in total. The molecule has 348 valence electrons. The number of allylic oxidation sites excluding steroid dienone is 14. The number of hydrogen-bond acceptors (Lipinski definition) is 6. The van der Waals surface area contributed by atoms with E-state index in [1.807, 2.05) is 21.1 Å². The number of carbonyl (C=O) groups excluding carboxylic acids is 2. The molecule has 0 aromatic rings. The van der Waals surface area contributed by atoms with E-state index in [0.717, 1.165) is 103 Å². The van der Waals surface area contributed by atoms with Crippen LogP contribution in [0.3, 0.4) is 0 Å². The molecule has 0 aliphatic carbocycles. The third-order valence-electron chi connectivity index (χ3n) is 10.3. The summed E-state index contributed by atoms with van der Waals surface area (Å²) < 4.78 is 17.3. The Morgan fingerprint density at radius 3 is 1.39 bits per heavy atom. The molecule has 0 aliphatic rings. The second-order valence-electron chi connectivity index (χ2n) is 17.0. The van der Waals surface area contributed by atoms with E-state index >= 15 is 0 Å². The molecule has 0 fully saturated rings. The minimum atomic E-state index is -0.884. The molecular formula is C53H90NO7+. The average molecular weight is 853 g/mol. The Hall–Kier alpha value is -3.49. The lowest BCUT2D eigenvalue weighted by atomic mass is 10.1. The molecule has 2 atom stereocenters. The SMILES string of the molecule is CC/C=C/C/C=C/C/C=C/C/C=C/C/C=C/C/C=C/CCCCCCC(=O)OCC(COCCC(C(=O)O)[N+](C)(C)C)OC(=O)CCCCC/C=C/CCCCCCCCC. The maximum Gasteiger partial charge on any atom is 0.362 e. The Kier molecular flexibility index (Phi) is 40.7. The number of hydrogen-bond donors (Lipinski definition) is 1. The van der Waals surface area contributed by atoms with Gasteiger partial charge in [0.2, 0.25) is 0 Å². The van der Waals surface area contributed by atoms with E-state index in [0.29, 0.717) is 19.3 Å². The predicted molar refractivity (Wildman–Crippen MR) is 256 cm³/mol. The van der Waals surface area contributed by atoms with Gasteiger partial charge in [-0.3, -0.25) is 9.59 Å². The van der Waals surface area contributed by atoms with Gasteiger partial charge in [0.05, 0.1) is 34.4 Å².